The molecule has 1 aromatic rings. The summed E-state index contributed by atoms with van der Waals surface area (Å²) in [4.78, 5) is 11.7. The monoisotopic (exact) mass is 286 g/mol. The van der Waals surface area contributed by atoms with Crippen LogP contribution in [0.3, 0.4) is 0 Å². The van der Waals surface area contributed by atoms with E-state index < -0.39 is 5.82 Å². The number of benzene rings is 1. The summed E-state index contributed by atoms with van der Waals surface area (Å²) < 4.78 is 18.4. The van der Waals surface area contributed by atoms with E-state index in [9.17, 15) is 9.18 Å². The zero-order valence-corrected chi connectivity index (χ0v) is 11.2. The Labute approximate surface area is 116 Å². The lowest BCUT2D eigenvalue weighted by Gasteiger charge is -2.22. The molecule has 1 heterocycles. The van der Waals surface area contributed by atoms with Crippen molar-refractivity contribution in [1.82, 2.24) is 5.32 Å². The molecular formula is C13H16ClFN2O2. The third-order valence-corrected chi connectivity index (χ3v) is 3.25. The van der Waals surface area contributed by atoms with Gasteiger partial charge in [0.05, 0.1) is 16.8 Å². The summed E-state index contributed by atoms with van der Waals surface area (Å²) in [6, 6.07) is 3.83. The topological polar surface area (TPSA) is 50.4 Å². The number of amides is 1. The summed E-state index contributed by atoms with van der Waals surface area (Å²) >= 11 is 5.82. The highest BCUT2D eigenvalue weighted by atomic mass is 35.5. The predicted octanol–water partition coefficient (Wildman–Crippen LogP) is 2.19. The van der Waals surface area contributed by atoms with Crippen molar-refractivity contribution < 1.29 is 13.9 Å². The zero-order chi connectivity index (χ0) is 13.7. The molecule has 0 aromatic heterocycles. The third-order valence-electron chi connectivity index (χ3n) is 2.94. The van der Waals surface area contributed by atoms with Crippen LogP contribution in [0.1, 0.15) is 12.8 Å². The fraction of sp³-hybridized carbons (Fsp3) is 0.462. The van der Waals surface area contributed by atoms with Crippen LogP contribution in [0.2, 0.25) is 5.02 Å². The second-order valence-corrected chi connectivity index (χ2v) is 4.84. The van der Waals surface area contributed by atoms with Crippen LogP contribution >= 0.6 is 11.6 Å². The number of hydrogen-bond donors (Lipinski definition) is 2. The van der Waals surface area contributed by atoms with Crippen LogP contribution in [0.15, 0.2) is 18.2 Å². The summed E-state index contributed by atoms with van der Waals surface area (Å²) in [5.74, 6) is -0.721. The van der Waals surface area contributed by atoms with E-state index in [2.05, 4.69) is 10.6 Å². The van der Waals surface area contributed by atoms with E-state index in [0.717, 1.165) is 32.0 Å². The number of halogens is 2. The molecule has 2 rings (SSSR count). The summed E-state index contributed by atoms with van der Waals surface area (Å²) in [6.45, 7) is 1.81. The molecule has 0 aliphatic carbocycles. The quantitative estimate of drug-likeness (QED) is 0.892. The highest BCUT2D eigenvalue weighted by molar-refractivity contribution is 6.33. The molecule has 0 unspecified atom stereocenters. The molecule has 0 atom stereocenters. The minimum Gasteiger partial charge on any atom is -0.368 e. The molecular weight excluding hydrogens is 271 g/mol. The van der Waals surface area contributed by atoms with E-state index in [1.165, 1.54) is 12.1 Å². The molecule has 4 nitrogen and oxygen atoms in total. The van der Waals surface area contributed by atoms with Gasteiger partial charge in [0.25, 0.3) is 0 Å². The largest absolute Gasteiger partial charge is 0.368 e. The number of hydrogen-bond acceptors (Lipinski definition) is 3. The molecule has 0 bridgehead atoms. The summed E-state index contributed by atoms with van der Waals surface area (Å²) in [6.07, 6.45) is 1.94. The highest BCUT2D eigenvalue weighted by Gasteiger charge is 2.15. The van der Waals surface area contributed by atoms with Crippen LogP contribution in [0.25, 0.3) is 0 Å². The lowest BCUT2D eigenvalue weighted by atomic mass is 10.1. The molecule has 1 fully saturated rings. The van der Waals surface area contributed by atoms with E-state index in [0.29, 0.717) is 5.69 Å². The lowest BCUT2D eigenvalue weighted by Crippen LogP contribution is -2.34. The van der Waals surface area contributed by atoms with Gasteiger partial charge in [0.2, 0.25) is 5.91 Å². The Morgan fingerprint density at radius 2 is 2.21 bits per heavy atom. The van der Waals surface area contributed by atoms with Gasteiger partial charge in [0.1, 0.15) is 12.4 Å². The van der Waals surface area contributed by atoms with Crippen LogP contribution in [-0.2, 0) is 9.53 Å². The maximum atomic E-state index is 12.8. The van der Waals surface area contributed by atoms with Gasteiger partial charge in [-0.2, -0.15) is 0 Å². The first-order chi connectivity index (χ1) is 9.15. The fourth-order valence-corrected chi connectivity index (χ4v) is 2.15. The average molecular weight is 287 g/mol. The standard InChI is InChI=1S/C13H16ClFN2O2/c14-11-7-9(15)1-2-12(11)17-13(18)8-19-10-3-5-16-6-4-10/h1-2,7,10,16H,3-6,8H2,(H,17,18). The van der Waals surface area contributed by atoms with Crippen molar-refractivity contribution in [2.24, 2.45) is 0 Å². The first kappa shape index (κ1) is 14.2. The van der Waals surface area contributed by atoms with Crippen LogP contribution in [-0.4, -0.2) is 31.7 Å². The van der Waals surface area contributed by atoms with Gasteiger partial charge in [-0.3, -0.25) is 4.79 Å². The Kier molecular flexibility index (Phi) is 5.13. The molecule has 1 amide bonds. The molecule has 1 aliphatic heterocycles. The summed E-state index contributed by atoms with van der Waals surface area (Å²) in [7, 11) is 0. The van der Waals surface area contributed by atoms with Gasteiger partial charge in [0, 0.05) is 0 Å². The van der Waals surface area contributed by atoms with Crippen molar-refractivity contribution in [3.63, 3.8) is 0 Å². The Balaban J connectivity index is 1.80. The molecule has 104 valence electrons. The van der Waals surface area contributed by atoms with Crippen molar-refractivity contribution >= 4 is 23.2 Å². The van der Waals surface area contributed by atoms with Crippen LogP contribution < -0.4 is 10.6 Å². The normalized spacial score (nSPS) is 16.3. The number of anilines is 1. The maximum absolute atomic E-state index is 12.8. The lowest BCUT2D eigenvalue weighted by molar-refractivity contribution is -0.123. The van der Waals surface area contributed by atoms with E-state index in [1.807, 2.05) is 0 Å². The van der Waals surface area contributed by atoms with Crippen molar-refractivity contribution in [2.75, 3.05) is 25.0 Å². The van der Waals surface area contributed by atoms with Crippen molar-refractivity contribution in [3.05, 3.63) is 29.0 Å². The van der Waals surface area contributed by atoms with Crippen molar-refractivity contribution in [2.45, 2.75) is 18.9 Å². The summed E-state index contributed by atoms with van der Waals surface area (Å²) in [5.41, 5.74) is 0.391. The van der Waals surface area contributed by atoms with E-state index in [-0.39, 0.29) is 23.6 Å². The minimum absolute atomic E-state index is 0.0155. The Bertz CT molecular complexity index is 450. The Morgan fingerprint density at radius 3 is 2.89 bits per heavy atom. The maximum Gasteiger partial charge on any atom is 0.250 e. The second-order valence-electron chi connectivity index (χ2n) is 4.43. The highest BCUT2D eigenvalue weighted by Crippen LogP contribution is 2.22. The number of carbonyl (C=O) groups is 1. The molecule has 1 saturated heterocycles. The van der Waals surface area contributed by atoms with Gasteiger partial charge >= 0.3 is 0 Å². The Morgan fingerprint density at radius 1 is 1.47 bits per heavy atom. The van der Waals surface area contributed by atoms with Crippen LogP contribution in [0, 0.1) is 5.82 Å². The molecule has 1 aromatic carbocycles. The van der Waals surface area contributed by atoms with E-state index in [1.54, 1.807) is 0 Å². The summed E-state index contributed by atoms with van der Waals surface area (Å²) in [5, 5.41) is 6.00. The molecule has 2 N–H and O–H groups in total. The third kappa shape index (κ3) is 4.45. The van der Waals surface area contributed by atoms with E-state index in [4.69, 9.17) is 16.3 Å². The second kappa shape index (κ2) is 6.84. The van der Waals surface area contributed by atoms with Gasteiger partial charge in [0.15, 0.2) is 0 Å². The number of ether oxygens (including phenoxy) is 1. The Hall–Kier alpha value is -1.17. The number of rotatable bonds is 4. The molecule has 0 spiro atoms. The molecule has 0 saturated carbocycles. The molecule has 0 radical (unpaired) electrons. The van der Waals surface area contributed by atoms with Gasteiger partial charge < -0.3 is 15.4 Å². The first-order valence-electron chi connectivity index (χ1n) is 6.22. The number of nitrogens with one attached hydrogen (secondary N) is 2. The SMILES string of the molecule is O=C(COC1CCNCC1)Nc1ccc(F)cc1Cl. The molecule has 6 heteroatoms. The molecule has 1 aliphatic rings. The first-order valence-corrected chi connectivity index (χ1v) is 6.60. The van der Waals surface area contributed by atoms with Crippen LogP contribution in [0.4, 0.5) is 10.1 Å². The van der Waals surface area contributed by atoms with Gasteiger partial charge in [-0.1, -0.05) is 11.6 Å². The number of carbonyl (C=O) groups excluding carboxylic acids is 1. The van der Waals surface area contributed by atoms with Gasteiger partial charge in [-0.25, -0.2) is 4.39 Å². The smallest absolute Gasteiger partial charge is 0.250 e. The molecule has 19 heavy (non-hydrogen) atoms. The zero-order valence-electron chi connectivity index (χ0n) is 10.4. The van der Waals surface area contributed by atoms with E-state index >= 15 is 0 Å². The minimum atomic E-state index is -0.436. The number of piperidine rings is 1. The van der Waals surface area contributed by atoms with Gasteiger partial charge in [-0.05, 0) is 44.1 Å². The average Bonchev–Trinajstić information content (AvgIpc) is 2.41. The van der Waals surface area contributed by atoms with Crippen molar-refractivity contribution in [1.29, 1.82) is 0 Å². The van der Waals surface area contributed by atoms with Crippen LogP contribution in [0.5, 0.6) is 0 Å². The predicted molar refractivity (Wildman–Crippen MR) is 71.9 cm³/mol. The van der Waals surface area contributed by atoms with Crippen molar-refractivity contribution in [3.8, 4) is 0 Å². The fourth-order valence-electron chi connectivity index (χ4n) is 1.93. The van der Waals surface area contributed by atoms with Gasteiger partial charge in [-0.15, -0.1) is 0 Å².